The number of esters is 1. The van der Waals surface area contributed by atoms with Crippen LogP contribution in [0.15, 0.2) is 30.3 Å². The maximum absolute atomic E-state index is 11.7. The Hall–Kier alpha value is -1.36. The zero-order valence-electron chi connectivity index (χ0n) is 10.6. The molecular formula is C13H19NO3S. The van der Waals surface area contributed by atoms with Gasteiger partial charge in [-0.2, -0.15) is 0 Å². The smallest absolute Gasteiger partial charge is 0.305 e. The fraction of sp³-hybridized carbons (Fsp3) is 0.462. The Kier molecular flexibility index (Phi) is 7.10. The number of anilines is 1. The molecule has 1 aromatic carbocycles. The Morgan fingerprint density at radius 2 is 2.00 bits per heavy atom. The molecule has 0 aliphatic heterocycles. The maximum atomic E-state index is 11.7. The van der Waals surface area contributed by atoms with Gasteiger partial charge in [-0.25, -0.2) is 4.21 Å². The molecule has 1 N–H and O–H groups in total. The number of ether oxygens (including phenoxy) is 1. The second-order valence-corrected chi connectivity index (χ2v) is 5.08. The zero-order chi connectivity index (χ0) is 13.2. The van der Waals surface area contributed by atoms with Gasteiger partial charge in [-0.05, 0) is 31.9 Å². The van der Waals surface area contributed by atoms with Gasteiger partial charge in [0.25, 0.3) is 0 Å². The topological polar surface area (TPSA) is 55.4 Å². The lowest BCUT2D eigenvalue weighted by atomic mass is 10.2. The quantitative estimate of drug-likeness (QED) is 0.582. The number of para-hydroxylation sites is 1. The summed E-state index contributed by atoms with van der Waals surface area (Å²) in [5, 5.41) is 0. The summed E-state index contributed by atoms with van der Waals surface area (Å²) in [6, 6.07) is 9.43. The van der Waals surface area contributed by atoms with E-state index in [4.69, 9.17) is 4.74 Å². The molecule has 4 nitrogen and oxygen atoms in total. The van der Waals surface area contributed by atoms with Crippen LogP contribution in [-0.2, 0) is 20.5 Å². The van der Waals surface area contributed by atoms with Crippen LogP contribution >= 0.6 is 0 Å². The molecule has 1 atom stereocenters. The van der Waals surface area contributed by atoms with Crippen molar-refractivity contribution >= 4 is 22.6 Å². The van der Waals surface area contributed by atoms with Gasteiger partial charge in [0.2, 0.25) is 0 Å². The van der Waals surface area contributed by atoms with Gasteiger partial charge in [-0.1, -0.05) is 18.2 Å². The predicted octanol–water partition coefficient (Wildman–Crippen LogP) is 2.50. The van der Waals surface area contributed by atoms with Crippen molar-refractivity contribution < 1.29 is 13.7 Å². The van der Waals surface area contributed by atoms with Crippen LogP contribution in [0.3, 0.4) is 0 Å². The molecule has 0 amide bonds. The van der Waals surface area contributed by atoms with Gasteiger partial charge < -0.3 is 9.46 Å². The van der Waals surface area contributed by atoms with E-state index in [0.717, 1.165) is 12.1 Å². The largest absolute Gasteiger partial charge is 0.466 e. The summed E-state index contributed by atoms with van der Waals surface area (Å²) in [6.07, 6.45) is 1.85. The minimum Gasteiger partial charge on any atom is -0.466 e. The van der Waals surface area contributed by atoms with Crippen molar-refractivity contribution in [1.82, 2.24) is 0 Å². The molecule has 0 aromatic heterocycles. The van der Waals surface area contributed by atoms with Crippen LogP contribution in [0.25, 0.3) is 0 Å². The van der Waals surface area contributed by atoms with Gasteiger partial charge >= 0.3 is 5.97 Å². The summed E-state index contributed by atoms with van der Waals surface area (Å²) in [4.78, 5) is 11.1. The van der Waals surface area contributed by atoms with Gasteiger partial charge in [-0.15, -0.1) is 0 Å². The van der Waals surface area contributed by atoms with Crippen molar-refractivity contribution in [2.45, 2.75) is 26.2 Å². The number of hydrogen-bond donors (Lipinski definition) is 1. The molecule has 0 spiro atoms. The minimum atomic E-state index is -1.09. The lowest BCUT2D eigenvalue weighted by molar-refractivity contribution is -0.143. The van der Waals surface area contributed by atoms with Crippen molar-refractivity contribution in [3.05, 3.63) is 30.3 Å². The molecule has 0 bridgehead atoms. The molecule has 0 aliphatic carbocycles. The van der Waals surface area contributed by atoms with E-state index in [2.05, 4.69) is 4.72 Å². The maximum Gasteiger partial charge on any atom is 0.305 e. The van der Waals surface area contributed by atoms with Crippen molar-refractivity contribution in [2.24, 2.45) is 0 Å². The van der Waals surface area contributed by atoms with Crippen molar-refractivity contribution in [3.8, 4) is 0 Å². The first-order valence-electron chi connectivity index (χ1n) is 6.08. The van der Waals surface area contributed by atoms with Crippen molar-refractivity contribution in [3.63, 3.8) is 0 Å². The summed E-state index contributed by atoms with van der Waals surface area (Å²) < 4.78 is 19.4. The number of nitrogens with one attached hydrogen (secondary N) is 1. The first-order valence-corrected chi connectivity index (χ1v) is 7.40. The average Bonchev–Trinajstić information content (AvgIpc) is 2.36. The number of rotatable bonds is 8. The van der Waals surface area contributed by atoms with E-state index in [1.807, 2.05) is 30.3 Å². The second-order valence-electron chi connectivity index (χ2n) is 3.78. The third kappa shape index (κ3) is 6.39. The molecule has 1 rings (SSSR count). The number of benzene rings is 1. The summed E-state index contributed by atoms with van der Waals surface area (Å²) in [6.45, 7) is 2.21. The van der Waals surface area contributed by atoms with Gasteiger partial charge in [0.15, 0.2) is 0 Å². The molecule has 5 heteroatoms. The second kappa shape index (κ2) is 8.69. The van der Waals surface area contributed by atoms with Crippen LogP contribution < -0.4 is 4.72 Å². The molecule has 0 heterocycles. The van der Waals surface area contributed by atoms with Crippen LogP contribution in [-0.4, -0.2) is 22.5 Å². The van der Waals surface area contributed by atoms with E-state index >= 15 is 0 Å². The molecule has 0 radical (unpaired) electrons. The van der Waals surface area contributed by atoms with Crippen LogP contribution in [0.1, 0.15) is 26.2 Å². The monoisotopic (exact) mass is 269 g/mol. The van der Waals surface area contributed by atoms with Crippen molar-refractivity contribution in [2.75, 3.05) is 17.1 Å². The summed E-state index contributed by atoms with van der Waals surface area (Å²) >= 11 is 0. The highest BCUT2D eigenvalue weighted by Crippen LogP contribution is 2.07. The van der Waals surface area contributed by atoms with E-state index in [9.17, 15) is 9.00 Å². The van der Waals surface area contributed by atoms with Crippen LogP contribution in [0, 0.1) is 0 Å². The first-order chi connectivity index (χ1) is 8.72. The standard InChI is InChI=1S/C13H19NO3S/c1-2-17-13(15)10-6-7-11-18(16)14-12-8-4-3-5-9-12/h3-5,8-9,14H,2,6-7,10-11H2,1H3. The summed E-state index contributed by atoms with van der Waals surface area (Å²) in [5.74, 6) is 0.355. The molecule has 18 heavy (non-hydrogen) atoms. The van der Waals surface area contributed by atoms with Gasteiger partial charge in [0, 0.05) is 17.9 Å². The summed E-state index contributed by atoms with van der Waals surface area (Å²) in [5.41, 5.74) is 0.848. The van der Waals surface area contributed by atoms with E-state index in [-0.39, 0.29) is 5.97 Å². The molecule has 1 unspecified atom stereocenters. The molecule has 0 aliphatic rings. The average molecular weight is 269 g/mol. The Morgan fingerprint density at radius 1 is 1.28 bits per heavy atom. The van der Waals surface area contributed by atoms with E-state index in [1.54, 1.807) is 6.92 Å². The number of carbonyl (C=O) groups excluding carboxylic acids is 1. The van der Waals surface area contributed by atoms with E-state index in [0.29, 0.717) is 25.2 Å². The van der Waals surface area contributed by atoms with Crippen LogP contribution in [0.5, 0.6) is 0 Å². The molecule has 0 saturated heterocycles. The predicted molar refractivity (Wildman–Crippen MR) is 73.6 cm³/mol. The van der Waals surface area contributed by atoms with Gasteiger partial charge in [0.1, 0.15) is 11.0 Å². The Bertz CT molecular complexity index is 381. The fourth-order valence-corrected chi connectivity index (χ4v) is 2.39. The third-order valence-electron chi connectivity index (χ3n) is 2.27. The highest BCUT2D eigenvalue weighted by atomic mass is 32.2. The van der Waals surface area contributed by atoms with E-state index in [1.165, 1.54) is 0 Å². The fourth-order valence-electron chi connectivity index (χ4n) is 1.42. The van der Waals surface area contributed by atoms with Gasteiger partial charge in [0.05, 0.1) is 6.61 Å². The van der Waals surface area contributed by atoms with Crippen LogP contribution in [0.4, 0.5) is 5.69 Å². The summed E-state index contributed by atoms with van der Waals surface area (Å²) in [7, 11) is -1.09. The SMILES string of the molecule is CCOC(=O)CCCCS(=O)Nc1ccccc1. The third-order valence-corrected chi connectivity index (χ3v) is 3.39. The molecular weight excluding hydrogens is 250 g/mol. The first kappa shape index (κ1) is 14.7. The van der Waals surface area contributed by atoms with Crippen LogP contribution in [0.2, 0.25) is 0 Å². The lowest BCUT2D eigenvalue weighted by Crippen LogP contribution is -2.09. The number of unbranched alkanes of at least 4 members (excludes halogenated alkanes) is 1. The number of hydrogen-bond acceptors (Lipinski definition) is 3. The highest BCUT2D eigenvalue weighted by molar-refractivity contribution is 7.86. The number of carbonyl (C=O) groups is 1. The van der Waals surface area contributed by atoms with Crippen molar-refractivity contribution in [1.29, 1.82) is 0 Å². The highest BCUT2D eigenvalue weighted by Gasteiger charge is 2.03. The lowest BCUT2D eigenvalue weighted by Gasteiger charge is -2.05. The Balaban J connectivity index is 2.12. The Morgan fingerprint density at radius 3 is 2.67 bits per heavy atom. The minimum absolute atomic E-state index is 0.181. The molecule has 0 fully saturated rings. The normalized spacial score (nSPS) is 11.8. The van der Waals surface area contributed by atoms with Gasteiger partial charge in [-0.3, -0.25) is 4.79 Å². The molecule has 0 saturated carbocycles. The zero-order valence-corrected chi connectivity index (χ0v) is 11.4. The molecule has 100 valence electrons. The van der Waals surface area contributed by atoms with E-state index < -0.39 is 11.0 Å². The molecule has 1 aromatic rings. The Labute approximate surface area is 110 Å².